The summed E-state index contributed by atoms with van der Waals surface area (Å²) in [7, 11) is -2.19. The first-order chi connectivity index (χ1) is 13.7. The SMILES string of the molecule is CCN1C(=O)C(C)(C)COc2ccc(NS(=O)(=O)Cc3ccccc3OC)cc21. The summed E-state index contributed by atoms with van der Waals surface area (Å²) in [5, 5.41) is 0. The van der Waals surface area contributed by atoms with E-state index in [1.165, 1.54) is 7.11 Å². The summed E-state index contributed by atoms with van der Waals surface area (Å²) in [4.78, 5) is 14.5. The Morgan fingerprint density at radius 2 is 1.93 bits per heavy atom. The molecular weight excluding hydrogens is 392 g/mol. The molecule has 3 rings (SSSR count). The Bertz CT molecular complexity index is 1020. The van der Waals surface area contributed by atoms with Gasteiger partial charge in [-0.15, -0.1) is 0 Å². The summed E-state index contributed by atoms with van der Waals surface area (Å²) in [6, 6.07) is 11.9. The van der Waals surface area contributed by atoms with Crippen LogP contribution in [0, 0.1) is 5.41 Å². The standard InChI is InChI=1S/C21H26N2O5S/c1-5-23-17-12-16(10-11-19(17)28-14-21(2,3)20(23)24)22-29(25,26)13-15-8-6-7-9-18(15)27-4/h6-12,22H,5,13-14H2,1-4H3. The Labute approximate surface area is 171 Å². The fourth-order valence-electron chi connectivity index (χ4n) is 3.27. The Balaban J connectivity index is 1.89. The molecule has 29 heavy (non-hydrogen) atoms. The van der Waals surface area contributed by atoms with Gasteiger partial charge in [0.05, 0.1) is 29.7 Å². The molecule has 0 atom stereocenters. The van der Waals surface area contributed by atoms with E-state index in [0.717, 1.165) is 0 Å². The quantitative estimate of drug-likeness (QED) is 0.777. The first-order valence-electron chi connectivity index (χ1n) is 9.38. The number of hydrogen-bond donors (Lipinski definition) is 1. The number of hydrogen-bond acceptors (Lipinski definition) is 5. The molecule has 2 aromatic carbocycles. The first-order valence-corrected chi connectivity index (χ1v) is 11.0. The number of sulfonamides is 1. The molecule has 1 heterocycles. The van der Waals surface area contributed by atoms with Gasteiger partial charge in [-0.1, -0.05) is 18.2 Å². The van der Waals surface area contributed by atoms with Crippen molar-refractivity contribution >= 4 is 27.3 Å². The molecular formula is C21H26N2O5S. The Morgan fingerprint density at radius 3 is 2.62 bits per heavy atom. The Hall–Kier alpha value is -2.74. The summed E-state index contributed by atoms with van der Waals surface area (Å²) in [6.45, 7) is 6.26. The van der Waals surface area contributed by atoms with Gasteiger partial charge < -0.3 is 14.4 Å². The number of methoxy groups -OCH3 is 1. The van der Waals surface area contributed by atoms with Crippen LogP contribution in [0.25, 0.3) is 0 Å². The molecule has 0 radical (unpaired) electrons. The molecule has 1 N–H and O–H groups in total. The third-order valence-electron chi connectivity index (χ3n) is 4.79. The lowest BCUT2D eigenvalue weighted by atomic mass is 9.93. The predicted molar refractivity (Wildman–Crippen MR) is 113 cm³/mol. The number of nitrogens with zero attached hydrogens (tertiary/aromatic N) is 1. The predicted octanol–water partition coefficient (Wildman–Crippen LogP) is 3.41. The number of carbonyl (C=O) groups excluding carboxylic acids is 1. The number of anilines is 2. The zero-order chi connectivity index (χ0) is 21.2. The molecule has 1 aliphatic rings. The van der Waals surface area contributed by atoms with Gasteiger partial charge in [0.1, 0.15) is 18.1 Å². The van der Waals surface area contributed by atoms with Crippen molar-refractivity contribution in [3.63, 3.8) is 0 Å². The van der Waals surface area contributed by atoms with Gasteiger partial charge in [-0.2, -0.15) is 0 Å². The molecule has 0 fully saturated rings. The van der Waals surface area contributed by atoms with Crippen molar-refractivity contribution in [1.29, 1.82) is 0 Å². The molecule has 1 amide bonds. The van der Waals surface area contributed by atoms with E-state index in [0.29, 0.717) is 35.0 Å². The van der Waals surface area contributed by atoms with E-state index in [4.69, 9.17) is 9.47 Å². The van der Waals surface area contributed by atoms with Crippen molar-refractivity contribution in [2.24, 2.45) is 5.41 Å². The van der Waals surface area contributed by atoms with Gasteiger partial charge in [-0.05, 0) is 45.0 Å². The summed E-state index contributed by atoms with van der Waals surface area (Å²) in [5.74, 6) is 0.776. The average molecular weight is 419 g/mol. The minimum Gasteiger partial charge on any atom is -0.496 e. The molecule has 8 heteroatoms. The maximum Gasteiger partial charge on any atom is 0.237 e. The van der Waals surface area contributed by atoms with E-state index in [2.05, 4.69) is 4.72 Å². The Kier molecular flexibility index (Phi) is 5.75. The maximum atomic E-state index is 12.9. The number of para-hydroxylation sites is 1. The van der Waals surface area contributed by atoms with E-state index in [1.807, 2.05) is 20.8 Å². The topological polar surface area (TPSA) is 84.9 Å². The highest BCUT2D eigenvalue weighted by Crippen LogP contribution is 2.38. The van der Waals surface area contributed by atoms with Crippen LogP contribution in [0.15, 0.2) is 42.5 Å². The van der Waals surface area contributed by atoms with Gasteiger partial charge in [0.25, 0.3) is 0 Å². The summed E-state index contributed by atoms with van der Waals surface area (Å²) >= 11 is 0. The van der Waals surface area contributed by atoms with Crippen molar-refractivity contribution < 1.29 is 22.7 Å². The van der Waals surface area contributed by atoms with Gasteiger partial charge >= 0.3 is 0 Å². The van der Waals surface area contributed by atoms with E-state index in [9.17, 15) is 13.2 Å². The largest absolute Gasteiger partial charge is 0.496 e. The highest BCUT2D eigenvalue weighted by atomic mass is 32.2. The normalized spacial score (nSPS) is 15.9. The fourth-order valence-corrected chi connectivity index (χ4v) is 4.47. The summed E-state index contributed by atoms with van der Waals surface area (Å²) in [5.41, 5.74) is 0.819. The molecule has 1 aliphatic heterocycles. The van der Waals surface area contributed by atoms with Crippen LogP contribution in [0.2, 0.25) is 0 Å². The number of benzene rings is 2. The second kappa shape index (κ2) is 7.94. The van der Waals surface area contributed by atoms with Crippen LogP contribution in [0.3, 0.4) is 0 Å². The van der Waals surface area contributed by atoms with E-state index in [1.54, 1.807) is 47.4 Å². The zero-order valence-electron chi connectivity index (χ0n) is 17.1. The van der Waals surface area contributed by atoms with E-state index >= 15 is 0 Å². The number of nitrogens with one attached hydrogen (secondary N) is 1. The molecule has 0 unspecified atom stereocenters. The molecule has 0 bridgehead atoms. The highest BCUT2D eigenvalue weighted by molar-refractivity contribution is 7.91. The van der Waals surface area contributed by atoms with Gasteiger partial charge in [0.15, 0.2) is 0 Å². The van der Waals surface area contributed by atoms with Crippen molar-refractivity contribution in [1.82, 2.24) is 0 Å². The number of ether oxygens (including phenoxy) is 2. The lowest BCUT2D eigenvalue weighted by Gasteiger charge is -2.27. The fraction of sp³-hybridized carbons (Fsp3) is 0.381. The molecule has 0 aromatic heterocycles. The van der Waals surface area contributed by atoms with Gasteiger partial charge in [-0.25, -0.2) is 8.42 Å². The third-order valence-corrected chi connectivity index (χ3v) is 6.03. The highest BCUT2D eigenvalue weighted by Gasteiger charge is 2.37. The van der Waals surface area contributed by atoms with Gasteiger partial charge in [0, 0.05) is 12.1 Å². The summed E-state index contributed by atoms with van der Waals surface area (Å²) < 4.78 is 39.1. The zero-order valence-corrected chi connectivity index (χ0v) is 17.9. The van der Waals surface area contributed by atoms with Crippen molar-refractivity contribution in [3.05, 3.63) is 48.0 Å². The minimum absolute atomic E-state index is 0.0622. The number of amides is 1. The molecule has 2 aromatic rings. The molecule has 7 nitrogen and oxygen atoms in total. The van der Waals surface area contributed by atoms with Crippen molar-refractivity contribution in [3.8, 4) is 11.5 Å². The summed E-state index contributed by atoms with van der Waals surface area (Å²) in [6.07, 6.45) is 0. The lowest BCUT2D eigenvalue weighted by Crippen LogP contribution is -2.42. The van der Waals surface area contributed by atoms with Crippen LogP contribution in [-0.2, 0) is 20.6 Å². The third kappa shape index (κ3) is 4.48. The van der Waals surface area contributed by atoms with E-state index < -0.39 is 15.4 Å². The van der Waals surface area contributed by atoms with Crippen molar-refractivity contribution in [2.75, 3.05) is 29.9 Å². The average Bonchev–Trinajstić information content (AvgIpc) is 2.76. The smallest absolute Gasteiger partial charge is 0.237 e. The van der Waals surface area contributed by atoms with Crippen LogP contribution in [0.5, 0.6) is 11.5 Å². The maximum absolute atomic E-state index is 12.9. The van der Waals surface area contributed by atoms with Crippen LogP contribution in [0.1, 0.15) is 26.3 Å². The minimum atomic E-state index is -3.69. The number of rotatable bonds is 6. The van der Waals surface area contributed by atoms with Gasteiger partial charge in [0.2, 0.25) is 15.9 Å². The van der Waals surface area contributed by atoms with Crippen LogP contribution in [0.4, 0.5) is 11.4 Å². The molecule has 156 valence electrons. The molecule has 0 saturated carbocycles. The van der Waals surface area contributed by atoms with Crippen LogP contribution < -0.4 is 19.1 Å². The van der Waals surface area contributed by atoms with Crippen molar-refractivity contribution in [2.45, 2.75) is 26.5 Å². The number of fused-ring (bicyclic) bond motifs is 1. The van der Waals surface area contributed by atoms with Crippen LogP contribution >= 0.6 is 0 Å². The monoisotopic (exact) mass is 418 g/mol. The second-order valence-corrected chi connectivity index (χ2v) is 9.30. The molecule has 0 saturated heterocycles. The van der Waals surface area contributed by atoms with Gasteiger partial charge in [-0.3, -0.25) is 9.52 Å². The number of carbonyl (C=O) groups is 1. The molecule has 0 aliphatic carbocycles. The second-order valence-electron chi connectivity index (χ2n) is 7.58. The Morgan fingerprint density at radius 1 is 1.21 bits per heavy atom. The van der Waals surface area contributed by atoms with E-state index in [-0.39, 0.29) is 18.3 Å². The first kappa shape index (κ1) is 21.0. The molecule has 0 spiro atoms. The lowest BCUT2D eigenvalue weighted by molar-refractivity contribution is -0.127. The van der Waals surface area contributed by atoms with Crippen LogP contribution in [-0.4, -0.2) is 34.6 Å².